The van der Waals surface area contributed by atoms with Crippen LogP contribution >= 0.6 is 15.9 Å². The molecule has 1 aromatic carbocycles. The molecule has 0 atom stereocenters. The van der Waals surface area contributed by atoms with Crippen LogP contribution in [-0.4, -0.2) is 22.3 Å². The van der Waals surface area contributed by atoms with E-state index in [0.717, 1.165) is 5.56 Å². The molecule has 0 aliphatic heterocycles. The van der Waals surface area contributed by atoms with E-state index in [1.807, 2.05) is 0 Å². The van der Waals surface area contributed by atoms with Crippen LogP contribution < -0.4 is 10.1 Å². The Hall–Kier alpha value is -1.89. The fourth-order valence-corrected chi connectivity index (χ4v) is 2.14. The first-order valence-electron chi connectivity index (χ1n) is 6.15. The van der Waals surface area contributed by atoms with Crippen LogP contribution in [0.5, 0.6) is 5.75 Å². The Kier molecular flexibility index (Phi) is 4.62. The van der Waals surface area contributed by atoms with Crippen LogP contribution in [0.4, 0.5) is 10.1 Å². The number of nitrogens with zero attached hydrogens (tertiary/aromatic N) is 2. The molecule has 111 valence electrons. The lowest BCUT2D eigenvalue weighted by Gasteiger charge is -2.10. The lowest BCUT2D eigenvalue weighted by Crippen LogP contribution is -2.18. The predicted molar refractivity (Wildman–Crippen MR) is 80.9 cm³/mol. The van der Waals surface area contributed by atoms with Gasteiger partial charge in [0.1, 0.15) is 5.82 Å². The zero-order valence-electron chi connectivity index (χ0n) is 11.6. The smallest absolute Gasteiger partial charge is 0.277 e. The molecule has 1 N–H and O–H groups in total. The summed E-state index contributed by atoms with van der Waals surface area (Å²) in [5.74, 6) is -0.721. The Bertz CT molecular complexity index is 685. The summed E-state index contributed by atoms with van der Waals surface area (Å²) >= 11 is 3.24. The standard InChI is InChI=1S/C14H14BrFN3O2/c1-4-21-12-7-17-19(3)13(12)14(20)18-11-5-8(2)9(15)6-10(11)16/h5-7H,1,4H2,2-3H3,(H,18,20). The minimum absolute atomic E-state index is 0.0995. The van der Waals surface area contributed by atoms with Crippen LogP contribution in [0.25, 0.3) is 0 Å². The van der Waals surface area contributed by atoms with E-state index in [1.54, 1.807) is 20.0 Å². The van der Waals surface area contributed by atoms with E-state index in [0.29, 0.717) is 10.2 Å². The summed E-state index contributed by atoms with van der Waals surface area (Å²) in [7, 11) is 1.61. The molecule has 7 heteroatoms. The molecule has 5 nitrogen and oxygen atoms in total. The van der Waals surface area contributed by atoms with Crippen molar-refractivity contribution in [2.24, 2.45) is 7.05 Å². The van der Waals surface area contributed by atoms with Gasteiger partial charge in [0.25, 0.3) is 5.91 Å². The van der Waals surface area contributed by atoms with E-state index in [9.17, 15) is 9.18 Å². The highest BCUT2D eigenvalue weighted by Crippen LogP contribution is 2.25. The summed E-state index contributed by atoms with van der Waals surface area (Å²) in [5.41, 5.74) is 1.12. The minimum Gasteiger partial charge on any atom is -0.489 e. The highest BCUT2D eigenvalue weighted by molar-refractivity contribution is 9.10. The van der Waals surface area contributed by atoms with E-state index in [-0.39, 0.29) is 18.0 Å². The number of carbonyl (C=O) groups excluding carboxylic acids is 1. The van der Waals surface area contributed by atoms with E-state index >= 15 is 0 Å². The van der Waals surface area contributed by atoms with Gasteiger partial charge in [0, 0.05) is 11.5 Å². The first kappa shape index (κ1) is 15.5. The molecule has 1 radical (unpaired) electrons. The van der Waals surface area contributed by atoms with Crippen molar-refractivity contribution in [1.29, 1.82) is 0 Å². The largest absolute Gasteiger partial charge is 0.489 e. The fraction of sp³-hybridized carbons (Fsp3) is 0.214. The number of amides is 1. The lowest BCUT2D eigenvalue weighted by molar-refractivity contribution is 0.101. The van der Waals surface area contributed by atoms with E-state index in [2.05, 4.69) is 33.3 Å². The molecule has 21 heavy (non-hydrogen) atoms. The van der Waals surface area contributed by atoms with Gasteiger partial charge in [-0.05, 0) is 31.5 Å². The highest BCUT2D eigenvalue weighted by Gasteiger charge is 2.19. The summed E-state index contributed by atoms with van der Waals surface area (Å²) in [4.78, 5) is 12.3. The third-order valence-corrected chi connectivity index (χ3v) is 3.73. The summed E-state index contributed by atoms with van der Waals surface area (Å²) in [6.45, 7) is 5.52. The molecule has 1 aromatic heterocycles. The number of aromatic nitrogens is 2. The van der Waals surface area contributed by atoms with Crippen LogP contribution in [-0.2, 0) is 7.05 Å². The molecule has 1 amide bonds. The van der Waals surface area contributed by atoms with Crippen molar-refractivity contribution in [1.82, 2.24) is 9.78 Å². The van der Waals surface area contributed by atoms with Gasteiger partial charge < -0.3 is 10.1 Å². The minimum atomic E-state index is -0.525. The van der Waals surface area contributed by atoms with Gasteiger partial charge >= 0.3 is 0 Å². The molecule has 0 aliphatic rings. The first-order chi connectivity index (χ1) is 9.93. The second-order valence-electron chi connectivity index (χ2n) is 4.36. The fourth-order valence-electron chi connectivity index (χ4n) is 1.83. The van der Waals surface area contributed by atoms with Crippen LogP contribution in [0, 0.1) is 19.7 Å². The van der Waals surface area contributed by atoms with E-state index < -0.39 is 11.7 Å². The van der Waals surface area contributed by atoms with Crippen LogP contribution in [0.3, 0.4) is 0 Å². The van der Waals surface area contributed by atoms with Crippen molar-refractivity contribution in [2.45, 2.75) is 6.92 Å². The number of hydrogen-bond acceptors (Lipinski definition) is 3. The maximum Gasteiger partial charge on any atom is 0.277 e. The van der Waals surface area contributed by atoms with E-state index in [1.165, 1.54) is 16.9 Å². The SMILES string of the molecule is [CH2]COc1cnn(C)c1C(=O)Nc1cc(C)c(Br)cc1F. The second-order valence-corrected chi connectivity index (χ2v) is 5.22. The van der Waals surface area contributed by atoms with Crippen LogP contribution in [0.1, 0.15) is 16.1 Å². The molecule has 0 bridgehead atoms. The molecule has 0 saturated carbocycles. The molecule has 0 unspecified atom stereocenters. The van der Waals surface area contributed by atoms with Crippen LogP contribution in [0.15, 0.2) is 22.8 Å². The number of hydrogen-bond donors (Lipinski definition) is 1. The van der Waals surface area contributed by atoms with Crippen molar-refractivity contribution < 1.29 is 13.9 Å². The molecule has 0 spiro atoms. The Morgan fingerprint density at radius 1 is 1.57 bits per heavy atom. The lowest BCUT2D eigenvalue weighted by atomic mass is 10.2. The summed E-state index contributed by atoms with van der Waals surface area (Å²) in [5, 5.41) is 6.48. The number of carbonyl (C=O) groups is 1. The van der Waals surface area contributed by atoms with Crippen molar-refractivity contribution in [3.8, 4) is 5.75 Å². The molecule has 1 heterocycles. The predicted octanol–water partition coefficient (Wildman–Crippen LogP) is 3.10. The summed E-state index contributed by atoms with van der Waals surface area (Å²) in [6, 6.07) is 2.86. The van der Waals surface area contributed by atoms with Gasteiger partial charge in [-0.3, -0.25) is 9.48 Å². The Labute approximate surface area is 130 Å². The average Bonchev–Trinajstić information content (AvgIpc) is 2.77. The number of rotatable bonds is 4. The molecular weight excluding hydrogens is 341 g/mol. The number of aryl methyl sites for hydroxylation is 2. The Morgan fingerprint density at radius 3 is 2.95 bits per heavy atom. The molecule has 0 fully saturated rings. The summed E-state index contributed by atoms with van der Waals surface area (Å²) < 4.78 is 21.1. The van der Waals surface area contributed by atoms with Gasteiger partial charge in [0.15, 0.2) is 11.4 Å². The van der Waals surface area contributed by atoms with Crippen molar-refractivity contribution in [3.05, 3.63) is 46.8 Å². The van der Waals surface area contributed by atoms with Gasteiger partial charge in [0.05, 0.1) is 18.5 Å². The average molecular weight is 355 g/mol. The van der Waals surface area contributed by atoms with Crippen LogP contribution in [0.2, 0.25) is 0 Å². The molecule has 0 aliphatic carbocycles. The van der Waals surface area contributed by atoms with E-state index in [4.69, 9.17) is 4.74 Å². The van der Waals surface area contributed by atoms with Gasteiger partial charge in [-0.15, -0.1) is 0 Å². The van der Waals surface area contributed by atoms with Crippen molar-refractivity contribution in [2.75, 3.05) is 11.9 Å². The third-order valence-electron chi connectivity index (χ3n) is 2.87. The third kappa shape index (κ3) is 3.24. The quantitative estimate of drug-likeness (QED) is 0.917. The maximum absolute atomic E-state index is 13.9. The zero-order valence-corrected chi connectivity index (χ0v) is 13.2. The van der Waals surface area contributed by atoms with Gasteiger partial charge in [-0.1, -0.05) is 15.9 Å². The topological polar surface area (TPSA) is 56.2 Å². The monoisotopic (exact) mass is 354 g/mol. The number of benzene rings is 1. The van der Waals surface area contributed by atoms with Crippen molar-refractivity contribution >= 4 is 27.5 Å². The zero-order chi connectivity index (χ0) is 15.6. The van der Waals surface area contributed by atoms with Gasteiger partial charge in [0.2, 0.25) is 0 Å². The number of anilines is 1. The normalized spacial score (nSPS) is 10.5. The summed E-state index contributed by atoms with van der Waals surface area (Å²) in [6.07, 6.45) is 1.42. The van der Waals surface area contributed by atoms with Crippen molar-refractivity contribution in [3.63, 3.8) is 0 Å². The first-order valence-corrected chi connectivity index (χ1v) is 6.94. The Morgan fingerprint density at radius 2 is 2.29 bits per heavy atom. The second kappa shape index (κ2) is 6.26. The highest BCUT2D eigenvalue weighted by atomic mass is 79.9. The molecule has 2 aromatic rings. The molecule has 2 rings (SSSR count). The number of nitrogens with one attached hydrogen (secondary N) is 1. The number of halogens is 2. The maximum atomic E-state index is 13.9. The molecule has 0 saturated heterocycles. The Balaban J connectivity index is 2.30. The van der Waals surface area contributed by atoms with Gasteiger partial charge in [-0.2, -0.15) is 5.10 Å². The number of ether oxygens (including phenoxy) is 1. The molecular formula is C14H14BrFN3O2. The van der Waals surface area contributed by atoms with Gasteiger partial charge in [-0.25, -0.2) is 4.39 Å².